The molecule has 3 rings (SSSR count). The molecule has 0 spiro atoms. The molecule has 1 atom stereocenters. The smallest absolute Gasteiger partial charge is 0.240 e. The van der Waals surface area contributed by atoms with Crippen molar-refractivity contribution in [3.63, 3.8) is 0 Å². The number of amides is 1. The van der Waals surface area contributed by atoms with E-state index in [1.54, 1.807) is 18.4 Å². The molecular formula is C22H31N3O4S. The quantitative estimate of drug-likeness (QED) is 0.562. The van der Waals surface area contributed by atoms with Crippen LogP contribution in [0.4, 0.5) is 0 Å². The van der Waals surface area contributed by atoms with Crippen LogP contribution in [0.2, 0.25) is 0 Å². The van der Waals surface area contributed by atoms with Crippen molar-refractivity contribution in [2.75, 3.05) is 27.2 Å². The highest BCUT2D eigenvalue weighted by molar-refractivity contribution is 7.89. The fourth-order valence-corrected chi connectivity index (χ4v) is 4.86. The van der Waals surface area contributed by atoms with Gasteiger partial charge < -0.3 is 9.73 Å². The zero-order chi connectivity index (χ0) is 21.6. The maximum absolute atomic E-state index is 12.6. The Kier molecular flexibility index (Phi) is 7.69. The van der Waals surface area contributed by atoms with Crippen LogP contribution in [0.25, 0.3) is 0 Å². The number of nitrogens with one attached hydrogen (secondary N) is 2. The summed E-state index contributed by atoms with van der Waals surface area (Å²) in [7, 11) is 0.292. The average Bonchev–Trinajstić information content (AvgIpc) is 3.25. The zero-order valence-corrected chi connectivity index (χ0v) is 18.5. The van der Waals surface area contributed by atoms with Gasteiger partial charge in [0, 0.05) is 19.5 Å². The number of furan rings is 1. The molecule has 1 aliphatic carbocycles. The Labute approximate surface area is 178 Å². The molecule has 0 fully saturated rings. The van der Waals surface area contributed by atoms with Crippen LogP contribution < -0.4 is 10.0 Å². The lowest BCUT2D eigenvalue weighted by Gasteiger charge is -2.22. The average molecular weight is 434 g/mol. The first kappa shape index (κ1) is 22.5. The molecule has 0 saturated heterocycles. The first-order chi connectivity index (χ1) is 14.4. The lowest BCUT2D eigenvalue weighted by molar-refractivity contribution is -0.121. The van der Waals surface area contributed by atoms with Crippen molar-refractivity contribution in [3.8, 4) is 0 Å². The first-order valence-electron chi connectivity index (χ1n) is 10.4. The van der Waals surface area contributed by atoms with Gasteiger partial charge in [-0.2, -0.15) is 0 Å². The Morgan fingerprint density at radius 1 is 1.17 bits per heavy atom. The number of likely N-dealkylation sites (N-methyl/N-ethyl adjacent to an activating group) is 1. The second kappa shape index (κ2) is 10.2. The summed E-state index contributed by atoms with van der Waals surface area (Å²) in [5.41, 5.74) is 2.39. The monoisotopic (exact) mass is 433 g/mol. The highest BCUT2D eigenvalue weighted by Gasteiger charge is 2.19. The van der Waals surface area contributed by atoms with Gasteiger partial charge in [0.15, 0.2) is 0 Å². The van der Waals surface area contributed by atoms with E-state index < -0.39 is 10.0 Å². The summed E-state index contributed by atoms with van der Waals surface area (Å²) in [5, 5.41) is 2.90. The van der Waals surface area contributed by atoms with E-state index in [1.807, 2.05) is 37.2 Å². The predicted molar refractivity (Wildman–Crippen MR) is 116 cm³/mol. The van der Waals surface area contributed by atoms with Gasteiger partial charge in [-0.3, -0.25) is 9.69 Å². The number of carbonyl (C=O) groups excluding carboxylic acids is 1. The molecule has 1 aromatic carbocycles. The van der Waals surface area contributed by atoms with E-state index in [0.29, 0.717) is 17.9 Å². The van der Waals surface area contributed by atoms with Crippen molar-refractivity contribution in [1.82, 2.24) is 14.9 Å². The number of carbonyl (C=O) groups is 1. The number of benzene rings is 1. The first-order valence-corrected chi connectivity index (χ1v) is 11.9. The van der Waals surface area contributed by atoms with Crippen molar-refractivity contribution in [3.05, 3.63) is 53.5 Å². The molecule has 30 heavy (non-hydrogen) atoms. The van der Waals surface area contributed by atoms with Gasteiger partial charge in [0.1, 0.15) is 5.76 Å². The molecule has 0 radical (unpaired) electrons. The highest BCUT2D eigenvalue weighted by atomic mass is 32.2. The van der Waals surface area contributed by atoms with E-state index in [1.165, 1.54) is 5.56 Å². The van der Waals surface area contributed by atoms with Gasteiger partial charge in [0.2, 0.25) is 15.9 Å². The molecular weight excluding hydrogens is 402 g/mol. The van der Waals surface area contributed by atoms with Crippen molar-refractivity contribution < 1.29 is 17.6 Å². The Balaban J connectivity index is 1.43. The summed E-state index contributed by atoms with van der Waals surface area (Å²) in [5.74, 6) is 0.680. The van der Waals surface area contributed by atoms with Crippen LogP contribution in [0, 0.1) is 0 Å². The van der Waals surface area contributed by atoms with Gasteiger partial charge in [-0.05, 0) is 81.6 Å². The number of nitrogens with zero attached hydrogens (tertiary/aromatic N) is 1. The van der Waals surface area contributed by atoms with E-state index in [0.717, 1.165) is 37.0 Å². The zero-order valence-electron chi connectivity index (χ0n) is 17.7. The molecule has 1 unspecified atom stereocenters. The van der Waals surface area contributed by atoms with Gasteiger partial charge in [-0.15, -0.1) is 0 Å². The van der Waals surface area contributed by atoms with Gasteiger partial charge in [-0.25, -0.2) is 13.1 Å². The number of aryl methyl sites for hydroxylation is 2. The molecule has 1 amide bonds. The number of hydrogen-bond acceptors (Lipinski definition) is 5. The van der Waals surface area contributed by atoms with E-state index in [2.05, 4.69) is 10.0 Å². The molecule has 8 heteroatoms. The van der Waals surface area contributed by atoms with Gasteiger partial charge in [0.25, 0.3) is 0 Å². The Hall–Kier alpha value is -2.16. The molecule has 0 bridgehead atoms. The fourth-order valence-electron chi connectivity index (χ4n) is 3.73. The maximum Gasteiger partial charge on any atom is 0.240 e. The summed E-state index contributed by atoms with van der Waals surface area (Å²) < 4.78 is 33.2. The lowest BCUT2D eigenvalue weighted by atomic mass is 9.92. The van der Waals surface area contributed by atoms with Gasteiger partial charge in [0.05, 0.1) is 17.2 Å². The van der Waals surface area contributed by atoms with Crippen LogP contribution in [-0.4, -0.2) is 46.4 Å². The second-order valence-electron chi connectivity index (χ2n) is 7.94. The largest absolute Gasteiger partial charge is 0.468 e. The Morgan fingerprint density at radius 2 is 1.93 bits per heavy atom. The standard InChI is InChI=1S/C22H31N3O4S/c1-25(2)20(21-9-6-14-29-21)16-23-22(26)10-5-13-24-30(27,28)19-12-11-17-7-3-4-8-18(17)15-19/h6,9,11-12,14-15,20,24H,3-5,7-8,10,13,16H2,1-2H3,(H,23,26). The second-order valence-corrected chi connectivity index (χ2v) is 9.70. The van der Waals surface area contributed by atoms with Crippen LogP contribution in [0.5, 0.6) is 0 Å². The molecule has 1 aliphatic rings. The van der Waals surface area contributed by atoms with Crippen molar-refractivity contribution in [2.45, 2.75) is 49.5 Å². The number of hydrogen-bond donors (Lipinski definition) is 2. The summed E-state index contributed by atoms with van der Waals surface area (Å²) in [6.07, 6.45) is 6.53. The predicted octanol–water partition coefficient (Wildman–Crippen LogP) is 2.64. The van der Waals surface area contributed by atoms with Crippen molar-refractivity contribution >= 4 is 15.9 Å². The van der Waals surface area contributed by atoms with Gasteiger partial charge in [-0.1, -0.05) is 6.07 Å². The molecule has 1 heterocycles. The summed E-state index contributed by atoms with van der Waals surface area (Å²) >= 11 is 0. The molecule has 0 saturated carbocycles. The maximum atomic E-state index is 12.6. The fraction of sp³-hybridized carbons (Fsp3) is 0.500. The van der Waals surface area contributed by atoms with E-state index in [9.17, 15) is 13.2 Å². The molecule has 1 aromatic heterocycles. The Bertz CT molecular complexity index is 939. The lowest BCUT2D eigenvalue weighted by Crippen LogP contribution is -2.34. The summed E-state index contributed by atoms with van der Waals surface area (Å²) in [6, 6.07) is 9.05. The Morgan fingerprint density at radius 3 is 2.63 bits per heavy atom. The number of rotatable bonds is 10. The summed E-state index contributed by atoms with van der Waals surface area (Å²) in [4.78, 5) is 14.4. The van der Waals surface area contributed by atoms with Crippen molar-refractivity contribution in [1.29, 1.82) is 0 Å². The van der Waals surface area contributed by atoms with Crippen LogP contribution in [-0.2, 0) is 27.7 Å². The molecule has 2 aromatic rings. The van der Waals surface area contributed by atoms with E-state index in [4.69, 9.17) is 4.42 Å². The van der Waals surface area contributed by atoms with Gasteiger partial charge >= 0.3 is 0 Å². The summed E-state index contributed by atoms with van der Waals surface area (Å²) in [6.45, 7) is 0.655. The third kappa shape index (κ3) is 5.93. The van der Waals surface area contributed by atoms with E-state index in [-0.39, 0.29) is 24.9 Å². The number of sulfonamides is 1. The highest BCUT2D eigenvalue weighted by Crippen LogP contribution is 2.24. The third-order valence-electron chi connectivity index (χ3n) is 5.49. The van der Waals surface area contributed by atoms with E-state index >= 15 is 0 Å². The minimum Gasteiger partial charge on any atom is -0.468 e. The number of fused-ring (bicyclic) bond motifs is 1. The molecule has 0 aliphatic heterocycles. The normalized spacial score (nSPS) is 15.0. The van der Waals surface area contributed by atoms with Crippen LogP contribution in [0.3, 0.4) is 0 Å². The van der Waals surface area contributed by atoms with Crippen molar-refractivity contribution in [2.24, 2.45) is 0 Å². The van der Waals surface area contributed by atoms with Crippen LogP contribution in [0.1, 0.15) is 48.6 Å². The van der Waals surface area contributed by atoms with Crippen LogP contribution in [0.15, 0.2) is 45.9 Å². The third-order valence-corrected chi connectivity index (χ3v) is 6.95. The molecule has 7 nitrogen and oxygen atoms in total. The molecule has 2 N–H and O–H groups in total. The SMILES string of the molecule is CN(C)C(CNC(=O)CCCNS(=O)(=O)c1ccc2c(c1)CCCC2)c1ccco1. The minimum absolute atomic E-state index is 0.0496. The minimum atomic E-state index is -3.56. The topological polar surface area (TPSA) is 91.7 Å². The molecule has 164 valence electrons. The van der Waals surface area contributed by atoms with Crippen LogP contribution >= 0.6 is 0 Å².